The molecule has 0 bridgehead atoms. The van der Waals surface area contributed by atoms with E-state index in [1.807, 2.05) is 20.8 Å². The lowest BCUT2D eigenvalue weighted by atomic mass is 9.79. The van der Waals surface area contributed by atoms with E-state index in [2.05, 4.69) is 13.5 Å². The molecular formula is C20H30O4. The van der Waals surface area contributed by atoms with Gasteiger partial charge in [0.2, 0.25) is 0 Å². The second-order valence-electron chi connectivity index (χ2n) is 8.71. The minimum atomic E-state index is -0.197. The van der Waals surface area contributed by atoms with E-state index >= 15 is 0 Å². The van der Waals surface area contributed by atoms with Crippen LogP contribution < -0.4 is 0 Å². The summed E-state index contributed by atoms with van der Waals surface area (Å²) in [6, 6.07) is 0. The minimum absolute atomic E-state index is 0.0187. The Bertz CT molecular complexity index is 552. The molecule has 1 heterocycles. The van der Waals surface area contributed by atoms with Crippen molar-refractivity contribution < 1.29 is 19.1 Å². The zero-order chi connectivity index (χ0) is 17.6. The molecular weight excluding hydrogens is 304 g/mol. The normalized spacial score (nSPS) is 38.4. The lowest BCUT2D eigenvalue weighted by Gasteiger charge is -2.27. The van der Waals surface area contributed by atoms with Gasteiger partial charge < -0.3 is 9.47 Å². The lowest BCUT2D eigenvalue weighted by Crippen LogP contribution is -2.26. The van der Waals surface area contributed by atoms with E-state index in [9.17, 15) is 9.59 Å². The van der Waals surface area contributed by atoms with Gasteiger partial charge in [0.15, 0.2) is 0 Å². The summed E-state index contributed by atoms with van der Waals surface area (Å²) >= 11 is 0. The van der Waals surface area contributed by atoms with Gasteiger partial charge >= 0.3 is 11.9 Å². The Labute approximate surface area is 145 Å². The van der Waals surface area contributed by atoms with E-state index < -0.39 is 0 Å². The van der Waals surface area contributed by atoms with Gasteiger partial charge in [-0.05, 0) is 55.8 Å². The molecule has 3 aliphatic rings. The summed E-state index contributed by atoms with van der Waals surface area (Å²) in [5.74, 6) is 1.59. The van der Waals surface area contributed by atoms with Crippen molar-refractivity contribution in [2.45, 2.75) is 72.0 Å². The van der Waals surface area contributed by atoms with Crippen molar-refractivity contribution in [3.05, 3.63) is 12.2 Å². The average Bonchev–Trinajstić information content (AvgIpc) is 2.94. The van der Waals surface area contributed by atoms with Gasteiger partial charge in [-0.3, -0.25) is 4.79 Å². The average molecular weight is 334 g/mol. The highest BCUT2D eigenvalue weighted by molar-refractivity contribution is 5.90. The molecule has 0 aromatic rings. The second kappa shape index (κ2) is 6.20. The predicted molar refractivity (Wildman–Crippen MR) is 91.1 cm³/mol. The molecule has 1 aliphatic heterocycles. The van der Waals surface area contributed by atoms with Crippen LogP contribution in [0.15, 0.2) is 12.2 Å². The van der Waals surface area contributed by atoms with Crippen LogP contribution in [0.4, 0.5) is 0 Å². The Hall–Kier alpha value is -1.32. The van der Waals surface area contributed by atoms with E-state index in [0.29, 0.717) is 29.7 Å². The number of fused-ring (bicyclic) bond motifs is 2. The Morgan fingerprint density at radius 1 is 1.42 bits per heavy atom. The fourth-order valence-corrected chi connectivity index (χ4v) is 4.97. The first kappa shape index (κ1) is 17.5. The van der Waals surface area contributed by atoms with Gasteiger partial charge in [0, 0.05) is 17.9 Å². The molecule has 0 spiro atoms. The van der Waals surface area contributed by atoms with Crippen molar-refractivity contribution in [1.29, 1.82) is 0 Å². The molecule has 0 aromatic heterocycles. The van der Waals surface area contributed by atoms with Crippen LogP contribution in [-0.2, 0) is 19.1 Å². The van der Waals surface area contributed by atoms with Crippen molar-refractivity contribution in [2.75, 3.05) is 0 Å². The first-order valence-corrected chi connectivity index (χ1v) is 9.31. The van der Waals surface area contributed by atoms with E-state index in [1.54, 1.807) is 0 Å². The molecule has 0 amide bonds. The van der Waals surface area contributed by atoms with E-state index in [1.165, 1.54) is 0 Å². The van der Waals surface area contributed by atoms with Gasteiger partial charge in [-0.15, -0.1) is 0 Å². The van der Waals surface area contributed by atoms with Crippen LogP contribution in [0, 0.1) is 29.1 Å². The third kappa shape index (κ3) is 3.12. The van der Waals surface area contributed by atoms with Crippen LogP contribution in [-0.4, -0.2) is 24.1 Å². The standard InChI is InChI=1S/C20H30O4/c1-11(2)8-18(21)23-12(3)6-7-15-16-9-14-13(4)19(22)24-17(14)10-20(15,16)5/h11-12,14-17H,4,6-10H2,1-3,5H3/t12-,14+,15+,16+,17+,20-/m1/s1. The van der Waals surface area contributed by atoms with E-state index in [-0.39, 0.29) is 35.5 Å². The van der Waals surface area contributed by atoms with Crippen LogP contribution in [0.1, 0.15) is 59.8 Å². The Balaban J connectivity index is 1.48. The highest BCUT2D eigenvalue weighted by atomic mass is 16.6. The Kier molecular flexibility index (Phi) is 4.52. The number of rotatable bonds is 6. The maximum Gasteiger partial charge on any atom is 0.334 e. The quantitative estimate of drug-likeness (QED) is 0.546. The third-order valence-corrected chi connectivity index (χ3v) is 6.43. The molecule has 0 unspecified atom stereocenters. The number of hydrogen-bond acceptors (Lipinski definition) is 4. The molecule has 0 radical (unpaired) electrons. The van der Waals surface area contributed by atoms with Gasteiger partial charge in [-0.2, -0.15) is 0 Å². The summed E-state index contributed by atoms with van der Waals surface area (Å²) < 4.78 is 11.0. The zero-order valence-electron chi connectivity index (χ0n) is 15.3. The molecule has 4 nitrogen and oxygen atoms in total. The van der Waals surface area contributed by atoms with Gasteiger partial charge in [0.1, 0.15) is 6.10 Å². The molecule has 4 heteroatoms. The van der Waals surface area contributed by atoms with Crippen molar-refractivity contribution >= 4 is 11.9 Å². The Morgan fingerprint density at radius 3 is 2.79 bits per heavy atom. The molecule has 3 rings (SSSR count). The first-order valence-electron chi connectivity index (χ1n) is 9.31. The minimum Gasteiger partial charge on any atom is -0.463 e. The van der Waals surface area contributed by atoms with E-state index in [0.717, 1.165) is 25.7 Å². The third-order valence-electron chi connectivity index (χ3n) is 6.43. The molecule has 3 fully saturated rings. The highest BCUT2D eigenvalue weighted by Gasteiger charge is 2.66. The number of hydrogen-bond donors (Lipinski definition) is 0. The zero-order valence-corrected chi connectivity index (χ0v) is 15.3. The summed E-state index contributed by atoms with van der Waals surface area (Å²) in [6.45, 7) is 12.3. The summed E-state index contributed by atoms with van der Waals surface area (Å²) in [6.07, 6.45) is 4.49. The van der Waals surface area contributed by atoms with Crippen LogP contribution in [0.25, 0.3) is 0 Å². The maximum absolute atomic E-state index is 11.8. The molecule has 0 N–H and O–H groups in total. The number of esters is 2. The number of ether oxygens (including phenoxy) is 2. The number of carbonyl (C=O) groups is 2. The van der Waals surface area contributed by atoms with Gasteiger partial charge in [0.25, 0.3) is 0 Å². The van der Waals surface area contributed by atoms with Crippen molar-refractivity contribution in [1.82, 2.24) is 0 Å². The van der Waals surface area contributed by atoms with E-state index in [4.69, 9.17) is 9.47 Å². The SMILES string of the molecule is C=C1C(=O)O[C@H]2C[C@]3(C)[C@@H](CC[C@@H](C)OC(=O)CC(C)C)[C@@H]3C[C@@H]12. The predicted octanol–water partition coefficient (Wildman–Crippen LogP) is 3.89. The largest absolute Gasteiger partial charge is 0.463 e. The van der Waals surface area contributed by atoms with Crippen LogP contribution >= 0.6 is 0 Å². The van der Waals surface area contributed by atoms with Crippen LogP contribution in [0.5, 0.6) is 0 Å². The summed E-state index contributed by atoms with van der Waals surface area (Å²) in [5.41, 5.74) is 0.956. The summed E-state index contributed by atoms with van der Waals surface area (Å²) in [4.78, 5) is 23.4. The van der Waals surface area contributed by atoms with Crippen LogP contribution in [0.3, 0.4) is 0 Å². The van der Waals surface area contributed by atoms with Crippen molar-refractivity contribution in [3.8, 4) is 0 Å². The van der Waals surface area contributed by atoms with Gasteiger partial charge in [-0.1, -0.05) is 27.4 Å². The smallest absolute Gasteiger partial charge is 0.334 e. The topological polar surface area (TPSA) is 52.6 Å². The van der Waals surface area contributed by atoms with Crippen molar-refractivity contribution in [2.24, 2.45) is 29.1 Å². The van der Waals surface area contributed by atoms with Gasteiger partial charge in [0.05, 0.1) is 6.10 Å². The Morgan fingerprint density at radius 2 is 2.12 bits per heavy atom. The molecule has 24 heavy (non-hydrogen) atoms. The van der Waals surface area contributed by atoms with Crippen molar-refractivity contribution in [3.63, 3.8) is 0 Å². The molecule has 134 valence electrons. The fourth-order valence-electron chi connectivity index (χ4n) is 4.97. The van der Waals surface area contributed by atoms with Crippen LogP contribution in [0.2, 0.25) is 0 Å². The monoisotopic (exact) mass is 334 g/mol. The summed E-state index contributed by atoms with van der Waals surface area (Å²) in [7, 11) is 0. The molecule has 2 aliphatic carbocycles. The maximum atomic E-state index is 11.8. The molecule has 0 aromatic carbocycles. The van der Waals surface area contributed by atoms with Gasteiger partial charge in [-0.25, -0.2) is 4.79 Å². The fraction of sp³-hybridized carbons (Fsp3) is 0.800. The number of carbonyl (C=O) groups excluding carboxylic acids is 2. The molecule has 2 saturated carbocycles. The highest BCUT2D eigenvalue weighted by Crippen LogP contribution is 2.70. The lowest BCUT2D eigenvalue weighted by molar-refractivity contribution is -0.149. The summed E-state index contributed by atoms with van der Waals surface area (Å²) in [5, 5.41) is 0. The molecule has 6 atom stereocenters. The second-order valence-corrected chi connectivity index (χ2v) is 8.71. The molecule has 1 saturated heterocycles. The first-order chi connectivity index (χ1) is 11.2.